The summed E-state index contributed by atoms with van der Waals surface area (Å²) in [7, 11) is 0. The summed E-state index contributed by atoms with van der Waals surface area (Å²) < 4.78 is 16.0. The number of imidazole rings is 1. The van der Waals surface area contributed by atoms with Crippen molar-refractivity contribution in [2.24, 2.45) is 5.92 Å². The topological polar surface area (TPSA) is 43.8 Å². The predicted molar refractivity (Wildman–Crippen MR) is 69.5 cm³/mol. The third-order valence-corrected chi connectivity index (χ3v) is 3.78. The highest BCUT2D eigenvalue weighted by Crippen LogP contribution is 2.33. The summed E-state index contributed by atoms with van der Waals surface area (Å²) in [6, 6.07) is 3.27. The van der Waals surface area contributed by atoms with E-state index < -0.39 is 0 Å². The summed E-state index contributed by atoms with van der Waals surface area (Å²) in [4.78, 5) is 4.27. The molecule has 1 aromatic carbocycles. The maximum absolute atomic E-state index is 13.5. The van der Waals surface area contributed by atoms with E-state index in [2.05, 4.69) is 4.98 Å². The molecule has 3 nitrogen and oxygen atoms in total. The van der Waals surface area contributed by atoms with Crippen LogP contribution in [0.25, 0.3) is 11.0 Å². The second kappa shape index (κ2) is 3.58. The van der Waals surface area contributed by atoms with Crippen LogP contribution >= 0.6 is 22.6 Å². The van der Waals surface area contributed by atoms with Crippen LogP contribution in [0, 0.1) is 15.3 Å². The SMILES string of the molecule is Nc1nc2cc(I)c(F)cc2n1CC1CC1. The lowest BCUT2D eigenvalue weighted by atomic mass is 10.3. The molecule has 0 amide bonds. The third kappa shape index (κ3) is 1.66. The van der Waals surface area contributed by atoms with E-state index in [1.54, 1.807) is 6.07 Å². The number of fused-ring (bicyclic) bond motifs is 1. The molecule has 1 fully saturated rings. The van der Waals surface area contributed by atoms with Crippen molar-refractivity contribution in [1.82, 2.24) is 9.55 Å². The van der Waals surface area contributed by atoms with Crippen LogP contribution in [0.15, 0.2) is 12.1 Å². The zero-order valence-corrected chi connectivity index (χ0v) is 10.7. The minimum atomic E-state index is -0.204. The lowest BCUT2D eigenvalue weighted by Gasteiger charge is -2.04. The van der Waals surface area contributed by atoms with Gasteiger partial charge in [-0.3, -0.25) is 0 Å². The van der Waals surface area contributed by atoms with Crippen LogP contribution < -0.4 is 5.73 Å². The first-order valence-electron chi connectivity index (χ1n) is 5.26. The summed E-state index contributed by atoms with van der Waals surface area (Å²) in [5.74, 6) is 0.982. The molecule has 2 aromatic rings. The average molecular weight is 331 g/mol. The highest BCUT2D eigenvalue weighted by molar-refractivity contribution is 14.1. The molecule has 0 spiro atoms. The van der Waals surface area contributed by atoms with Crippen molar-refractivity contribution in [3.05, 3.63) is 21.5 Å². The van der Waals surface area contributed by atoms with Crippen LogP contribution in [-0.4, -0.2) is 9.55 Å². The van der Waals surface area contributed by atoms with Crippen molar-refractivity contribution in [1.29, 1.82) is 0 Å². The smallest absolute Gasteiger partial charge is 0.201 e. The molecule has 1 heterocycles. The maximum Gasteiger partial charge on any atom is 0.201 e. The summed E-state index contributed by atoms with van der Waals surface area (Å²) >= 11 is 1.97. The lowest BCUT2D eigenvalue weighted by molar-refractivity contribution is 0.617. The Morgan fingerprint density at radius 3 is 2.94 bits per heavy atom. The highest BCUT2D eigenvalue weighted by Gasteiger charge is 2.24. The molecular weight excluding hydrogens is 320 g/mol. The second-order valence-corrected chi connectivity index (χ2v) is 5.44. The van der Waals surface area contributed by atoms with Gasteiger partial charge in [0, 0.05) is 12.6 Å². The van der Waals surface area contributed by atoms with E-state index in [1.807, 2.05) is 27.2 Å². The van der Waals surface area contributed by atoms with Gasteiger partial charge in [0.1, 0.15) is 5.82 Å². The Hall–Kier alpha value is -0.850. The molecule has 0 radical (unpaired) electrons. The van der Waals surface area contributed by atoms with Gasteiger partial charge in [-0.1, -0.05) is 0 Å². The zero-order chi connectivity index (χ0) is 11.3. The molecule has 0 unspecified atom stereocenters. The lowest BCUT2D eigenvalue weighted by Crippen LogP contribution is -2.04. The second-order valence-electron chi connectivity index (χ2n) is 4.28. The Kier molecular flexibility index (Phi) is 2.31. The zero-order valence-electron chi connectivity index (χ0n) is 8.58. The number of anilines is 1. The van der Waals surface area contributed by atoms with Crippen molar-refractivity contribution in [2.75, 3.05) is 5.73 Å². The molecule has 84 valence electrons. The number of hydrogen-bond donors (Lipinski definition) is 1. The summed E-state index contributed by atoms with van der Waals surface area (Å²) in [6.07, 6.45) is 2.48. The fourth-order valence-electron chi connectivity index (χ4n) is 1.89. The van der Waals surface area contributed by atoms with Gasteiger partial charge in [0.25, 0.3) is 0 Å². The number of nitrogen functional groups attached to an aromatic ring is 1. The number of rotatable bonds is 2. The van der Waals surface area contributed by atoms with Gasteiger partial charge in [-0.25, -0.2) is 9.37 Å². The van der Waals surface area contributed by atoms with E-state index in [-0.39, 0.29) is 5.82 Å². The van der Waals surface area contributed by atoms with E-state index in [4.69, 9.17) is 5.73 Å². The van der Waals surface area contributed by atoms with E-state index in [9.17, 15) is 4.39 Å². The molecule has 16 heavy (non-hydrogen) atoms. The number of benzene rings is 1. The minimum absolute atomic E-state index is 0.204. The number of halogens is 2. The van der Waals surface area contributed by atoms with Crippen LogP contribution in [0.1, 0.15) is 12.8 Å². The van der Waals surface area contributed by atoms with Gasteiger partial charge in [-0.15, -0.1) is 0 Å². The molecular formula is C11H11FIN3. The van der Waals surface area contributed by atoms with Crippen LogP contribution in [0.3, 0.4) is 0 Å². The number of aromatic nitrogens is 2. The standard InChI is InChI=1S/C11H11FIN3/c12-7-3-10-9(4-8(7)13)15-11(14)16(10)5-6-1-2-6/h3-4,6H,1-2,5H2,(H2,14,15). The number of hydrogen-bond acceptors (Lipinski definition) is 2. The Balaban J connectivity index is 2.17. The molecule has 5 heteroatoms. The molecule has 3 rings (SSSR count). The predicted octanol–water partition coefficient (Wildman–Crippen LogP) is 2.77. The van der Waals surface area contributed by atoms with Gasteiger partial charge in [-0.2, -0.15) is 0 Å². The maximum atomic E-state index is 13.5. The van der Waals surface area contributed by atoms with Crippen LogP contribution in [0.4, 0.5) is 10.3 Å². The molecule has 0 aliphatic heterocycles. The summed E-state index contributed by atoms with van der Waals surface area (Å²) in [5, 5.41) is 0. The van der Waals surface area contributed by atoms with E-state index >= 15 is 0 Å². The van der Waals surface area contributed by atoms with Gasteiger partial charge in [0.2, 0.25) is 5.95 Å². The fourth-order valence-corrected chi connectivity index (χ4v) is 2.34. The first-order valence-corrected chi connectivity index (χ1v) is 6.34. The number of nitrogens with zero attached hydrogens (tertiary/aromatic N) is 2. The molecule has 1 aromatic heterocycles. The molecule has 0 bridgehead atoms. The van der Waals surface area contributed by atoms with Crippen LogP contribution in [-0.2, 0) is 6.54 Å². The Bertz CT molecular complexity index is 560. The van der Waals surface area contributed by atoms with E-state index in [1.165, 1.54) is 18.9 Å². The van der Waals surface area contributed by atoms with Crippen molar-refractivity contribution in [3.63, 3.8) is 0 Å². The van der Waals surface area contributed by atoms with Crippen molar-refractivity contribution < 1.29 is 4.39 Å². The van der Waals surface area contributed by atoms with Gasteiger partial charge in [-0.05, 0) is 47.4 Å². The monoisotopic (exact) mass is 331 g/mol. The van der Waals surface area contributed by atoms with Crippen LogP contribution in [0.2, 0.25) is 0 Å². The van der Waals surface area contributed by atoms with Gasteiger partial charge < -0.3 is 10.3 Å². The summed E-state index contributed by atoms with van der Waals surface area (Å²) in [5.41, 5.74) is 7.45. The number of nitrogens with two attached hydrogens (primary N) is 1. The van der Waals surface area contributed by atoms with Crippen molar-refractivity contribution in [2.45, 2.75) is 19.4 Å². The molecule has 1 saturated carbocycles. The van der Waals surface area contributed by atoms with Gasteiger partial charge in [0.05, 0.1) is 14.6 Å². The average Bonchev–Trinajstić information content (AvgIpc) is 2.99. The normalized spacial score (nSPS) is 15.9. The summed E-state index contributed by atoms with van der Waals surface area (Å²) in [6.45, 7) is 0.863. The van der Waals surface area contributed by atoms with Gasteiger partial charge in [0.15, 0.2) is 0 Å². The molecule has 1 aliphatic rings. The van der Waals surface area contributed by atoms with E-state index in [0.717, 1.165) is 17.6 Å². The highest BCUT2D eigenvalue weighted by atomic mass is 127. The molecule has 0 atom stereocenters. The molecule has 1 aliphatic carbocycles. The third-order valence-electron chi connectivity index (χ3n) is 2.96. The Morgan fingerprint density at radius 1 is 1.50 bits per heavy atom. The van der Waals surface area contributed by atoms with E-state index in [0.29, 0.717) is 15.4 Å². The van der Waals surface area contributed by atoms with Crippen molar-refractivity contribution in [3.8, 4) is 0 Å². The molecule has 2 N–H and O–H groups in total. The van der Waals surface area contributed by atoms with Crippen molar-refractivity contribution >= 4 is 39.6 Å². The fraction of sp³-hybridized carbons (Fsp3) is 0.364. The quantitative estimate of drug-likeness (QED) is 0.860. The first kappa shape index (κ1) is 10.3. The first-order chi connectivity index (χ1) is 7.65. The Morgan fingerprint density at radius 2 is 2.25 bits per heavy atom. The Labute approximate surface area is 106 Å². The minimum Gasteiger partial charge on any atom is -0.369 e. The largest absolute Gasteiger partial charge is 0.369 e. The molecule has 0 saturated heterocycles. The van der Waals surface area contributed by atoms with Gasteiger partial charge >= 0.3 is 0 Å². The van der Waals surface area contributed by atoms with Crippen LogP contribution in [0.5, 0.6) is 0 Å².